The van der Waals surface area contributed by atoms with Gasteiger partial charge in [-0.25, -0.2) is 4.79 Å². The monoisotopic (exact) mass is 362 g/mol. The highest BCUT2D eigenvalue weighted by Gasteiger charge is 2.23. The number of carbonyl (C=O) groups is 1. The Balaban J connectivity index is 1.41. The Morgan fingerprint density at radius 3 is 2.56 bits per heavy atom. The molecule has 4 rings (SSSR count). The lowest BCUT2D eigenvalue weighted by Crippen LogP contribution is -2.32. The molecule has 1 aromatic heterocycles. The molecule has 0 atom stereocenters. The maximum Gasteiger partial charge on any atom is 0.335 e. The molecule has 0 bridgehead atoms. The van der Waals surface area contributed by atoms with Crippen molar-refractivity contribution >= 4 is 16.9 Å². The molecule has 27 heavy (non-hydrogen) atoms. The summed E-state index contributed by atoms with van der Waals surface area (Å²) in [5.41, 5.74) is 5.68. The second-order valence-corrected chi connectivity index (χ2v) is 7.49. The summed E-state index contributed by atoms with van der Waals surface area (Å²) < 4.78 is 0. The zero-order chi connectivity index (χ0) is 18.8. The van der Waals surface area contributed by atoms with Crippen molar-refractivity contribution in [2.75, 3.05) is 13.1 Å². The first-order valence-electron chi connectivity index (χ1n) is 9.79. The van der Waals surface area contributed by atoms with Crippen LogP contribution in [0, 0.1) is 0 Å². The van der Waals surface area contributed by atoms with Gasteiger partial charge in [0, 0.05) is 23.6 Å². The second-order valence-electron chi connectivity index (χ2n) is 7.49. The number of likely N-dealkylation sites (tertiary alicyclic amines) is 1. The molecule has 1 aliphatic rings. The van der Waals surface area contributed by atoms with Crippen LogP contribution in [0.15, 0.2) is 48.7 Å². The molecule has 3 aromatic rings. The highest BCUT2D eigenvalue weighted by Crippen LogP contribution is 2.34. The topological polar surface area (TPSA) is 56.3 Å². The van der Waals surface area contributed by atoms with Crippen molar-refractivity contribution in [2.45, 2.75) is 38.6 Å². The van der Waals surface area contributed by atoms with Gasteiger partial charge in [0.1, 0.15) is 0 Å². The van der Waals surface area contributed by atoms with Crippen molar-refractivity contribution in [3.63, 3.8) is 0 Å². The maximum atomic E-state index is 11.0. The number of H-pyrrole nitrogens is 1. The van der Waals surface area contributed by atoms with Crippen LogP contribution in [0.1, 0.15) is 52.7 Å². The third kappa shape index (κ3) is 3.62. The predicted octanol–water partition coefficient (Wildman–Crippen LogP) is 4.81. The number of hydrogen-bond acceptors (Lipinski definition) is 2. The summed E-state index contributed by atoms with van der Waals surface area (Å²) in [6.45, 7) is 5.24. The van der Waals surface area contributed by atoms with Crippen LogP contribution in [0.5, 0.6) is 0 Å². The third-order valence-corrected chi connectivity index (χ3v) is 5.85. The van der Waals surface area contributed by atoms with E-state index in [-0.39, 0.29) is 0 Å². The minimum Gasteiger partial charge on any atom is -0.478 e. The fourth-order valence-electron chi connectivity index (χ4n) is 4.28. The number of nitrogens with one attached hydrogen (secondary N) is 1. The van der Waals surface area contributed by atoms with Crippen molar-refractivity contribution in [3.05, 3.63) is 70.9 Å². The zero-order valence-electron chi connectivity index (χ0n) is 15.7. The summed E-state index contributed by atoms with van der Waals surface area (Å²) in [4.78, 5) is 17.0. The Bertz CT molecular complexity index is 935. The van der Waals surface area contributed by atoms with E-state index < -0.39 is 5.97 Å². The number of hydrogen-bond donors (Lipinski definition) is 2. The van der Waals surface area contributed by atoms with E-state index >= 15 is 0 Å². The number of piperidine rings is 1. The molecule has 0 aliphatic carbocycles. The number of fused-ring (bicyclic) bond motifs is 1. The van der Waals surface area contributed by atoms with Gasteiger partial charge in [-0.15, -0.1) is 0 Å². The largest absolute Gasteiger partial charge is 0.478 e. The summed E-state index contributed by atoms with van der Waals surface area (Å²) in [6, 6.07) is 13.9. The van der Waals surface area contributed by atoms with Crippen LogP contribution in [-0.2, 0) is 13.0 Å². The van der Waals surface area contributed by atoms with Gasteiger partial charge in [0.15, 0.2) is 0 Å². The number of aryl methyl sites for hydroxylation is 1. The van der Waals surface area contributed by atoms with Crippen molar-refractivity contribution in [2.24, 2.45) is 0 Å². The van der Waals surface area contributed by atoms with Gasteiger partial charge in [-0.3, -0.25) is 4.90 Å². The second kappa shape index (κ2) is 7.57. The number of benzene rings is 2. The van der Waals surface area contributed by atoms with Crippen LogP contribution < -0.4 is 0 Å². The Morgan fingerprint density at radius 1 is 1.15 bits per heavy atom. The Morgan fingerprint density at radius 2 is 1.89 bits per heavy atom. The Hall–Kier alpha value is -2.59. The van der Waals surface area contributed by atoms with Crippen LogP contribution in [0.25, 0.3) is 10.9 Å². The molecule has 0 saturated carbocycles. The van der Waals surface area contributed by atoms with Gasteiger partial charge in [-0.05, 0) is 67.1 Å². The molecule has 4 heteroatoms. The highest BCUT2D eigenvalue weighted by atomic mass is 16.4. The lowest BCUT2D eigenvalue weighted by atomic mass is 9.88. The van der Waals surface area contributed by atoms with Crippen LogP contribution in [0.2, 0.25) is 0 Å². The molecule has 1 aliphatic heterocycles. The van der Waals surface area contributed by atoms with Crippen molar-refractivity contribution in [1.29, 1.82) is 0 Å². The van der Waals surface area contributed by atoms with Gasteiger partial charge in [0.2, 0.25) is 0 Å². The summed E-state index contributed by atoms with van der Waals surface area (Å²) in [5.74, 6) is -0.260. The van der Waals surface area contributed by atoms with Crippen molar-refractivity contribution in [3.8, 4) is 0 Å². The Labute approximate surface area is 159 Å². The van der Waals surface area contributed by atoms with Gasteiger partial charge >= 0.3 is 5.97 Å². The molecule has 1 fully saturated rings. The van der Waals surface area contributed by atoms with Gasteiger partial charge in [0.25, 0.3) is 0 Å². The number of carboxylic acid groups (broad SMARTS) is 1. The van der Waals surface area contributed by atoms with Gasteiger partial charge < -0.3 is 10.1 Å². The van der Waals surface area contributed by atoms with Crippen molar-refractivity contribution in [1.82, 2.24) is 9.88 Å². The molecule has 2 N–H and O–H groups in total. The molecule has 4 nitrogen and oxygen atoms in total. The van der Waals surface area contributed by atoms with Crippen LogP contribution in [0.4, 0.5) is 0 Å². The van der Waals surface area contributed by atoms with E-state index in [9.17, 15) is 4.79 Å². The summed E-state index contributed by atoms with van der Waals surface area (Å²) in [6.07, 6.45) is 5.60. The van der Waals surface area contributed by atoms with Crippen LogP contribution >= 0.6 is 0 Å². The van der Waals surface area contributed by atoms with E-state index in [1.54, 1.807) is 12.1 Å². The first-order chi connectivity index (χ1) is 13.2. The summed E-state index contributed by atoms with van der Waals surface area (Å²) in [7, 11) is 0. The van der Waals surface area contributed by atoms with Crippen LogP contribution in [0.3, 0.4) is 0 Å². The smallest absolute Gasteiger partial charge is 0.335 e. The fourth-order valence-corrected chi connectivity index (χ4v) is 4.28. The molecular formula is C23H26N2O2. The normalized spacial score (nSPS) is 16.0. The fraction of sp³-hybridized carbons (Fsp3) is 0.348. The van der Waals surface area contributed by atoms with Crippen molar-refractivity contribution < 1.29 is 9.90 Å². The number of aromatic amines is 1. The summed E-state index contributed by atoms with van der Waals surface area (Å²) in [5, 5.41) is 10.4. The predicted molar refractivity (Wildman–Crippen MR) is 108 cm³/mol. The van der Waals surface area contributed by atoms with E-state index in [0.29, 0.717) is 11.5 Å². The first kappa shape index (κ1) is 17.8. The number of nitrogens with zero attached hydrogens (tertiary/aromatic N) is 1. The average Bonchev–Trinajstić information content (AvgIpc) is 3.13. The first-order valence-corrected chi connectivity index (χ1v) is 9.79. The van der Waals surface area contributed by atoms with Crippen LogP contribution in [-0.4, -0.2) is 34.0 Å². The molecule has 0 radical (unpaired) electrons. The minimum absolute atomic E-state index is 0.350. The molecule has 2 aromatic carbocycles. The molecule has 0 amide bonds. The van der Waals surface area contributed by atoms with E-state index in [2.05, 4.69) is 41.2 Å². The quantitative estimate of drug-likeness (QED) is 0.685. The molecule has 140 valence electrons. The summed E-state index contributed by atoms with van der Waals surface area (Å²) >= 11 is 0. The molecule has 0 spiro atoms. The standard InChI is InChI=1S/C23H26N2O2/c1-2-17-4-3-5-20-21(14-24-22(17)20)18-10-12-25(13-11-18)15-16-6-8-19(9-7-16)23(26)27/h3-9,14,18,24H,2,10-13,15H2,1H3,(H,26,27). The lowest BCUT2D eigenvalue weighted by molar-refractivity contribution is 0.0697. The highest BCUT2D eigenvalue weighted by molar-refractivity contribution is 5.87. The number of aromatic carboxylic acids is 1. The molecule has 0 unspecified atom stereocenters. The van der Waals surface area contributed by atoms with E-state index in [4.69, 9.17) is 5.11 Å². The van der Waals surface area contributed by atoms with Gasteiger partial charge in [0.05, 0.1) is 5.56 Å². The zero-order valence-corrected chi connectivity index (χ0v) is 15.7. The van der Waals surface area contributed by atoms with E-state index in [1.807, 2.05) is 12.1 Å². The third-order valence-electron chi connectivity index (χ3n) is 5.85. The SMILES string of the molecule is CCc1cccc2c(C3CCN(Cc4ccc(C(=O)O)cc4)CC3)c[nH]c12. The number of aromatic nitrogens is 1. The lowest BCUT2D eigenvalue weighted by Gasteiger charge is -2.32. The minimum atomic E-state index is -0.868. The number of para-hydroxylation sites is 1. The molecule has 2 heterocycles. The average molecular weight is 362 g/mol. The number of carboxylic acids is 1. The van der Waals surface area contributed by atoms with E-state index in [1.165, 1.54) is 27.6 Å². The van der Waals surface area contributed by atoms with E-state index in [0.717, 1.165) is 38.9 Å². The maximum absolute atomic E-state index is 11.0. The molecule has 1 saturated heterocycles. The van der Waals surface area contributed by atoms with Gasteiger partial charge in [-0.1, -0.05) is 37.3 Å². The van der Waals surface area contributed by atoms with Gasteiger partial charge in [-0.2, -0.15) is 0 Å². The molecular weight excluding hydrogens is 336 g/mol. The number of rotatable bonds is 5. The Kier molecular flexibility index (Phi) is 4.99.